The number of hydrogen-bond acceptors (Lipinski definition) is 4. The first-order chi connectivity index (χ1) is 9.22. The van der Waals surface area contributed by atoms with Gasteiger partial charge >= 0.3 is 9.95 Å². The number of imide groups is 3. The Labute approximate surface area is 127 Å². The Morgan fingerprint density at radius 2 is 1.70 bits per heavy atom. The van der Waals surface area contributed by atoms with Gasteiger partial charge in [-0.3, -0.25) is 13.9 Å². The summed E-state index contributed by atoms with van der Waals surface area (Å²) in [6.45, 7) is 0. The Kier molecular flexibility index (Phi) is 3.95. The molecule has 0 aromatic heterocycles. The average Bonchev–Trinajstić information content (AvgIpc) is 2.60. The number of amides is 4. The van der Waals surface area contributed by atoms with Crippen molar-refractivity contribution in [3.8, 4) is 0 Å². The second kappa shape index (κ2) is 5.23. The minimum absolute atomic E-state index is 0.118. The number of rotatable bonds is 2. The molecule has 20 heavy (non-hydrogen) atoms. The minimum atomic E-state index is -2.75. The van der Waals surface area contributed by atoms with Gasteiger partial charge in [-0.2, -0.15) is 9.29 Å². The maximum Gasteiger partial charge on any atom is 0.344 e. The maximum atomic E-state index is 13.1. The molecular formula is C11H7Cl2FN2O3S. The molecule has 1 heterocycles. The highest BCUT2D eigenvalue weighted by Crippen LogP contribution is 2.38. The Morgan fingerprint density at radius 1 is 1.25 bits per heavy atom. The molecule has 4 amide bonds. The van der Waals surface area contributed by atoms with Crippen LogP contribution >= 0.6 is 35.1 Å². The molecule has 1 aliphatic rings. The fourth-order valence-electron chi connectivity index (χ4n) is 1.70. The van der Waals surface area contributed by atoms with E-state index in [1.807, 2.05) is 0 Å². The number of benzene rings is 1. The number of carbonyl (C=O) groups excluding carboxylic acids is 3. The lowest BCUT2D eigenvalue weighted by Gasteiger charge is -2.22. The maximum absolute atomic E-state index is 13.1. The van der Waals surface area contributed by atoms with Gasteiger partial charge in [-0.05, 0) is 12.1 Å². The molecule has 0 bridgehead atoms. The number of fused-ring (bicyclic) bond motifs is 1. The van der Waals surface area contributed by atoms with Crippen molar-refractivity contribution < 1.29 is 18.8 Å². The molecule has 106 valence electrons. The van der Waals surface area contributed by atoms with E-state index in [1.165, 1.54) is 12.1 Å². The van der Waals surface area contributed by atoms with Crippen molar-refractivity contribution in [2.45, 2.75) is 3.92 Å². The van der Waals surface area contributed by atoms with E-state index in [1.54, 1.807) is 12.1 Å². The molecular weight excluding hydrogens is 330 g/mol. The summed E-state index contributed by atoms with van der Waals surface area (Å²) < 4.78 is 11.0. The smallest absolute Gasteiger partial charge is 0.268 e. The van der Waals surface area contributed by atoms with Gasteiger partial charge in [-0.25, -0.2) is 4.79 Å². The van der Waals surface area contributed by atoms with Crippen molar-refractivity contribution in [1.29, 1.82) is 0 Å². The van der Waals surface area contributed by atoms with E-state index >= 15 is 0 Å². The molecule has 0 radical (unpaired) electrons. The number of carbonyl (C=O) groups is 3. The van der Waals surface area contributed by atoms with E-state index in [2.05, 4.69) is 0 Å². The third kappa shape index (κ3) is 2.74. The normalized spacial score (nSPS) is 14.5. The molecule has 2 rings (SSSR count). The van der Waals surface area contributed by atoms with Crippen LogP contribution in [0.15, 0.2) is 24.3 Å². The fourth-order valence-corrected chi connectivity index (χ4v) is 2.79. The summed E-state index contributed by atoms with van der Waals surface area (Å²) in [5.41, 5.74) is 0.236. The van der Waals surface area contributed by atoms with E-state index in [0.717, 1.165) is 7.05 Å². The quantitative estimate of drug-likeness (QED) is 0.473. The first-order valence-corrected chi connectivity index (χ1v) is 6.76. The summed E-state index contributed by atoms with van der Waals surface area (Å²) >= 11 is 10.4. The van der Waals surface area contributed by atoms with Crippen LogP contribution in [-0.4, -0.2) is 38.0 Å². The second-order valence-electron chi connectivity index (χ2n) is 3.81. The lowest BCUT2D eigenvalue weighted by Crippen LogP contribution is -2.42. The molecule has 1 aliphatic heterocycles. The van der Waals surface area contributed by atoms with E-state index in [0.29, 0.717) is 9.21 Å². The predicted molar refractivity (Wildman–Crippen MR) is 73.2 cm³/mol. The van der Waals surface area contributed by atoms with Crippen LogP contribution in [0.1, 0.15) is 20.7 Å². The standard InChI is InChI=1S/C11H7Cl2FN2O3S/c1-15(20-11(12,13)14)10(19)16-8(17)6-4-2-3-5-7(6)9(16)18/h2-5H,1H3. The third-order valence-corrected chi connectivity index (χ3v) is 3.55. The molecule has 0 N–H and O–H groups in total. The van der Waals surface area contributed by atoms with Crippen molar-refractivity contribution in [2.75, 3.05) is 7.05 Å². The van der Waals surface area contributed by atoms with E-state index in [-0.39, 0.29) is 23.1 Å². The largest absolute Gasteiger partial charge is 0.344 e. The summed E-state index contributed by atoms with van der Waals surface area (Å²) in [5.74, 6) is -1.53. The Morgan fingerprint density at radius 3 is 2.10 bits per heavy atom. The van der Waals surface area contributed by atoms with Gasteiger partial charge in [0, 0.05) is 19.0 Å². The molecule has 0 atom stereocenters. The zero-order chi connectivity index (χ0) is 15.1. The van der Waals surface area contributed by atoms with E-state index in [4.69, 9.17) is 23.2 Å². The van der Waals surface area contributed by atoms with Crippen LogP contribution in [0.25, 0.3) is 0 Å². The molecule has 1 aromatic carbocycles. The predicted octanol–water partition coefficient (Wildman–Crippen LogP) is 3.04. The topological polar surface area (TPSA) is 57.7 Å². The van der Waals surface area contributed by atoms with Crippen molar-refractivity contribution in [1.82, 2.24) is 9.21 Å². The van der Waals surface area contributed by atoms with Crippen LogP contribution in [0.3, 0.4) is 0 Å². The number of urea groups is 1. The Hall–Kier alpha value is -1.31. The van der Waals surface area contributed by atoms with Gasteiger partial charge in [0.05, 0.1) is 11.1 Å². The van der Waals surface area contributed by atoms with E-state index in [9.17, 15) is 18.8 Å². The molecule has 1 aromatic rings. The van der Waals surface area contributed by atoms with Crippen LogP contribution in [-0.2, 0) is 0 Å². The molecule has 0 unspecified atom stereocenters. The van der Waals surface area contributed by atoms with Crippen LogP contribution in [0.4, 0.5) is 9.18 Å². The summed E-state index contributed by atoms with van der Waals surface area (Å²) in [5, 5.41) is 0. The molecule has 5 nitrogen and oxygen atoms in total. The fraction of sp³-hybridized carbons (Fsp3) is 0.182. The lowest BCUT2D eigenvalue weighted by molar-refractivity contribution is 0.0691. The van der Waals surface area contributed by atoms with Gasteiger partial charge in [-0.1, -0.05) is 35.3 Å². The molecule has 9 heteroatoms. The van der Waals surface area contributed by atoms with Gasteiger partial charge in [-0.15, -0.1) is 0 Å². The van der Waals surface area contributed by atoms with Crippen molar-refractivity contribution in [2.24, 2.45) is 0 Å². The van der Waals surface area contributed by atoms with Crippen LogP contribution in [0, 0.1) is 0 Å². The SMILES string of the molecule is CN(SC(F)(Cl)Cl)C(=O)N1C(=O)c2ccccc2C1=O. The highest BCUT2D eigenvalue weighted by molar-refractivity contribution is 8.01. The highest BCUT2D eigenvalue weighted by atomic mass is 35.5. The first kappa shape index (κ1) is 15.1. The molecule has 0 spiro atoms. The number of alkyl halides is 3. The average molecular weight is 337 g/mol. The third-order valence-electron chi connectivity index (χ3n) is 2.50. The molecule has 0 saturated carbocycles. The second-order valence-corrected chi connectivity index (χ2v) is 6.78. The van der Waals surface area contributed by atoms with Crippen molar-refractivity contribution >= 4 is 53.0 Å². The summed E-state index contributed by atoms with van der Waals surface area (Å²) in [6.07, 6.45) is 0. The highest BCUT2D eigenvalue weighted by Gasteiger charge is 2.42. The number of halogens is 3. The summed E-state index contributed by atoms with van der Waals surface area (Å²) in [7, 11) is 1.15. The minimum Gasteiger partial charge on any atom is -0.268 e. The van der Waals surface area contributed by atoms with Gasteiger partial charge in [0.1, 0.15) is 0 Å². The molecule has 0 saturated heterocycles. The first-order valence-electron chi connectivity index (χ1n) is 5.24. The van der Waals surface area contributed by atoms with Gasteiger partial charge in [0.2, 0.25) is 0 Å². The zero-order valence-corrected chi connectivity index (χ0v) is 12.3. The van der Waals surface area contributed by atoms with E-state index < -0.39 is 21.8 Å². The van der Waals surface area contributed by atoms with Crippen molar-refractivity contribution in [3.05, 3.63) is 35.4 Å². The Bertz CT molecular complexity index is 571. The van der Waals surface area contributed by atoms with Gasteiger partial charge in [0.25, 0.3) is 11.8 Å². The Balaban J connectivity index is 2.26. The summed E-state index contributed by atoms with van der Waals surface area (Å²) in [6, 6.07) is 4.97. The zero-order valence-electron chi connectivity index (χ0n) is 9.97. The lowest BCUT2D eigenvalue weighted by atomic mass is 10.1. The monoisotopic (exact) mass is 336 g/mol. The van der Waals surface area contributed by atoms with Crippen LogP contribution in [0.2, 0.25) is 0 Å². The van der Waals surface area contributed by atoms with Crippen LogP contribution < -0.4 is 0 Å². The van der Waals surface area contributed by atoms with Gasteiger partial charge < -0.3 is 0 Å². The number of nitrogens with zero attached hydrogens (tertiary/aromatic N) is 2. The van der Waals surface area contributed by atoms with Crippen LogP contribution in [0.5, 0.6) is 0 Å². The van der Waals surface area contributed by atoms with Gasteiger partial charge in [0.15, 0.2) is 0 Å². The number of hydrogen-bond donors (Lipinski definition) is 0. The molecule has 0 fully saturated rings. The van der Waals surface area contributed by atoms with Crippen molar-refractivity contribution in [3.63, 3.8) is 0 Å². The molecule has 0 aliphatic carbocycles. The summed E-state index contributed by atoms with van der Waals surface area (Å²) in [4.78, 5) is 36.4.